The highest BCUT2D eigenvalue weighted by Gasteiger charge is 2.14. The Balaban J connectivity index is 1.94. The smallest absolute Gasteiger partial charge is 0.339 e. The van der Waals surface area contributed by atoms with Gasteiger partial charge in [0.1, 0.15) is 17.1 Å². The van der Waals surface area contributed by atoms with Crippen molar-refractivity contribution in [2.75, 3.05) is 5.32 Å². The molecular weight excluding hydrogens is 272 g/mol. The standard InChI is InChI=1S/C15H16N2O4/c1-9-5-3-4-6-13(9)17-15(20)16-8-11-7-12(14(18)19)10(2)21-11/h3-7H,8H2,1-2H3,(H,18,19)(H2,16,17,20). The predicted octanol–water partition coefficient (Wildman–Crippen LogP) is 2.92. The molecule has 21 heavy (non-hydrogen) atoms. The maximum Gasteiger partial charge on any atom is 0.339 e. The first kappa shape index (κ1) is 14.6. The average molecular weight is 288 g/mol. The van der Waals surface area contributed by atoms with E-state index in [9.17, 15) is 9.59 Å². The number of carboxylic acids is 1. The summed E-state index contributed by atoms with van der Waals surface area (Å²) in [6.07, 6.45) is 0. The van der Waals surface area contributed by atoms with Gasteiger partial charge in [-0.3, -0.25) is 0 Å². The molecule has 0 spiro atoms. The van der Waals surface area contributed by atoms with Gasteiger partial charge in [-0.25, -0.2) is 9.59 Å². The van der Waals surface area contributed by atoms with E-state index in [0.717, 1.165) is 11.3 Å². The summed E-state index contributed by atoms with van der Waals surface area (Å²) in [4.78, 5) is 22.7. The van der Waals surface area contributed by atoms with E-state index in [-0.39, 0.29) is 18.1 Å². The number of anilines is 1. The van der Waals surface area contributed by atoms with Gasteiger partial charge in [0.2, 0.25) is 0 Å². The van der Waals surface area contributed by atoms with E-state index < -0.39 is 5.97 Å². The van der Waals surface area contributed by atoms with Crippen molar-refractivity contribution >= 4 is 17.7 Å². The topological polar surface area (TPSA) is 91.6 Å². The van der Waals surface area contributed by atoms with Crippen molar-refractivity contribution in [2.45, 2.75) is 20.4 Å². The molecule has 1 aromatic carbocycles. The molecule has 2 rings (SSSR count). The van der Waals surface area contributed by atoms with Crippen LogP contribution in [0.2, 0.25) is 0 Å². The number of benzene rings is 1. The van der Waals surface area contributed by atoms with Crippen LogP contribution in [0, 0.1) is 13.8 Å². The molecule has 1 heterocycles. The molecule has 110 valence electrons. The molecule has 0 saturated carbocycles. The number of hydrogen-bond donors (Lipinski definition) is 3. The fourth-order valence-corrected chi connectivity index (χ4v) is 1.89. The summed E-state index contributed by atoms with van der Waals surface area (Å²) in [6.45, 7) is 3.58. The van der Waals surface area contributed by atoms with Gasteiger partial charge in [0.15, 0.2) is 0 Å². The largest absolute Gasteiger partial charge is 0.478 e. The molecule has 0 aliphatic heterocycles. The van der Waals surface area contributed by atoms with Crippen LogP contribution in [0.3, 0.4) is 0 Å². The summed E-state index contributed by atoms with van der Waals surface area (Å²) in [5.74, 6) is -0.338. The number of urea groups is 1. The molecule has 2 amide bonds. The van der Waals surface area contributed by atoms with Crippen LogP contribution in [-0.2, 0) is 6.54 Å². The van der Waals surface area contributed by atoms with Crippen LogP contribution in [0.15, 0.2) is 34.7 Å². The first-order valence-corrected chi connectivity index (χ1v) is 6.40. The zero-order valence-corrected chi connectivity index (χ0v) is 11.8. The Labute approximate surface area is 121 Å². The third kappa shape index (κ3) is 3.62. The number of hydrogen-bond acceptors (Lipinski definition) is 3. The van der Waals surface area contributed by atoms with Gasteiger partial charge in [-0.2, -0.15) is 0 Å². The summed E-state index contributed by atoms with van der Waals surface area (Å²) < 4.78 is 5.28. The molecule has 6 heteroatoms. The van der Waals surface area contributed by atoms with Crippen LogP contribution in [0.5, 0.6) is 0 Å². The molecule has 0 aliphatic rings. The van der Waals surface area contributed by atoms with Crippen molar-refractivity contribution in [3.63, 3.8) is 0 Å². The first-order valence-electron chi connectivity index (χ1n) is 6.40. The summed E-state index contributed by atoms with van der Waals surface area (Å²) in [5.41, 5.74) is 1.78. The minimum atomic E-state index is -1.05. The summed E-state index contributed by atoms with van der Waals surface area (Å²) >= 11 is 0. The summed E-state index contributed by atoms with van der Waals surface area (Å²) in [5, 5.41) is 14.3. The number of rotatable bonds is 4. The molecule has 0 aliphatic carbocycles. The lowest BCUT2D eigenvalue weighted by atomic mass is 10.2. The highest BCUT2D eigenvalue weighted by atomic mass is 16.4. The second-order valence-corrected chi connectivity index (χ2v) is 4.61. The Hall–Kier alpha value is -2.76. The Bertz CT molecular complexity index is 676. The fourth-order valence-electron chi connectivity index (χ4n) is 1.89. The van der Waals surface area contributed by atoms with Crippen molar-refractivity contribution < 1.29 is 19.1 Å². The van der Waals surface area contributed by atoms with Gasteiger partial charge in [0, 0.05) is 5.69 Å². The van der Waals surface area contributed by atoms with Crippen molar-refractivity contribution in [1.29, 1.82) is 0 Å². The average Bonchev–Trinajstić information content (AvgIpc) is 2.80. The van der Waals surface area contributed by atoms with Crippen LogP contribution in [0.25, 0.3) is 0 Å². The summed E-state index contributed by atoms with van der Waals surface area (Å²) in [7, 11) is 0. The van der Waals surface area contributed by atoms with E-state index >= 15 is 0 Å². The number of furan rings is 1. The number of nitrogens with one attached hydrogen (secondary N) is 2. The van der Waals surface area contributed by atoms with E-state index in [1.54, 1.807) is 13.0 Å². The van der Waals surface area contributed by atoms with Gasteiger partial charge in [-0.1, -0.05) is 18.2 Å². The second kappa shape index (κ2) is 6.13. The van der Waals surface area contributed by atoms with Crippen LogP contribution in [0.4, 0.5) is 10.5 Å². The van der Waals surface area contributed by atoms with Gasteiger partial charge in [-0.05, 0) is 31.5 Å². The van der Waals surface area contributed by atoms with Crippen molar-refractivity contribution in [3.8, 4) is 0 Å². The molecule has 2 aromatic rings. The van der Waals surface area contributed by atoms with E-state index in [0.29, 0.717) is 11.5 Å². The van der Waals surface area contributed by atoms with Gasteiger partial charge in [0.05, 0.1) is 6.54 Å². The monoisotopic (exact) mass is 288 g/mol. The SMILES string of the molecule is Cc1ccccc1NC(=O)NCc1cc(C(=O)O)c(C)o1. The van der Waals surface area contributed by atoms with E-state index in [2.05, 4.69) is 10.6 Å². The number of carbonyl (C=O) groups excluding carboxylic acids is 1. The Kier molecular flexibility index (Phi) is 4.27. The molecule has 0 bridgehead atoms. The van der Waals surface area contributed by atoms with Gasteiger partial charge < -0.3 is 20.2 Å². The highest BCUT2D eigenvalue weighted by Crippen LogP contribution is 2.15. The molecule has 0 atom stereocenters. The van der Waals surface area contributed by atoms with E-state index in [1.165, 1.54) is 6.07 Å². The minimum absolute atomic E-state index is 0.103. The number of aromatic carboxylic acids is 1. The maximum absolute atomic E-state index is 11.8. The molecule has 0 fully saturated rings. The lowest BCUT2D eigenvalue weighted by Crippen LogP contribution is -2.28. The number of carbonyl (C=O) groups is 2. The Morgan fingerprint density at radius 3 is 2.57 bits per heavy atom. The van der Waals surface area contributed by atoms with Crippen LogP contribution in [0.1, 0.15) is 27.4 Å². The predicted molar refractivity (Wildman–Crippen MR) is 77.4 cm³/mol. The zero-order chi connectivity index (χ0) is 15.4. The normalized spacial score (nSPS) is 10.2. The van der Waals surface area contributed by atoms with Crippen molar-refractivity contribution in [2.24, 2.45) is 0 Å². The molecule has 1 aromatic heterocycles. The van der Waals surface area contributed by atoms with Crippen molar-refractivity contribution in [3.05, 3.63) is 53.0 Å². The van der Waals surface area contributed by atoms with Gasteiger partial charge >= 0.3 is 12.0 Å². The first-order chi connectivity index (χ1) is 9.97. The van der Waals surface area contributed by atoms with Crippen molar-refractivity contribution in [1.82, 2.24) is 5.32 Å². The number of carboxylic acid groups (broad SMARTS) is 1. The van der Waals surface area contributed by atoms with Crippen LogP contribution < -0.4 is 10.6 Å². The summed E-state index contributed by atoms with van der Waals surface area (Å²) in [6, 6.07) is 8.44. The minimum Gasteiger partial charge on any atom is -0.478 e. The number of amides is 2. The number of para-hydroxylation sites is 1. The Morgan fingerprint density at radius 1 is 1.24 bits per heavy atom. The fraction of sp³-hybridized carbons (Fsp3) is 0.200. The number of aryl methyl sites for hydroxylation is 2. The second-order valence-electron chi connectivity index (χ2n) is 4.61. The Morgan fingerprint density at radius 2 is 1.95 bits per heavy atom. The van der Waals surface area contributed by atoms with E-state index in [1.807, 2.05) is 25.1 Å². The molecule has 6 nitrogen and oxygen atoms in total. The van der Waals surface area contributed by atoms with Crippen LogP contribution in [-0.4, -0.2) is 17.1 Å². The lowest BCUT2D eigenvalue weighted by molar-refractivity contribution is 0.0695. The molecule has 3 N–H and O–H groups in total. The lowest BCUT2D eigenvalue weighted by Gasteiger charge is -2.08. The molecule has 0 unspecified atom stereocenters. The highest BCUT2D eigenvalue weighted by molar-refractivity contribution is 5.90. The van der Waals surface area contributed by atoms with E-state index in [4.69, 9.17) is 9.52 Å². The molecule has 0 radical (unpaired) electrons. The third-order valence-corrected chi connectivity index (χ3v) is 3.02. The quantitative estimate of drug-likeness (QED) is 0.806. The maximum atomic E-state index is 11.8. The zero-order valence-electron chi connectivity index (χ0n) is 11.8. The molecular formula is C15H16N2O4. The molecule has 0 saturated heterocycles. The van der Waals surface area contributed by atoms with Crippen LogP contribution >= 0.6 is 0 Å². The van der Waals surface area contributed by atoms with Gasteiger partial charge in [-0.15, -0.1) is 0 Å². The third-order valence-electron chi connectivity index (χ3n) is 3.02. The van der Waals surface area contributed by atoms with Gasteiger partial charge in [0.25, 0.3) is 0 Å².